The minimum Gasteiger partial charge on any atom is -0.399 e. The predicted molar refractivity (Wildman–Crippen MR) is 56.5 cm³/mol. The van der Waals surface area contributed by atoms with E-state index < -0.39 is 6.04 Å². The standard InChI is InChI=1S/C9H12N2OS/c10-7-4-2-1-3-6(7)5-8(11)9(12)13/h1-4,8H,5,10-11H2,(H,12,13)/t8-/m0/s1. The Balaban J connectivity index is 2.74. The van der Waals surface area contributed by atoms with Crippen molar-refractivity contribution in [3.63, 3.8) is 0 Å². The summed E-state index contributed by atoms with van der Waals surface area (Å²) in [4.78, 5) is 10.8. The van der Waals surface area contributed by atoms with Crippen LogP contribution in [0.25, 0.3) is 0 Å². The highest BCUT2D eigenvalue weighted by atomic mass is 32.1. The topological polar surface area (TPSA) is 69.1 Å². The maximum atomic E-state index is 10.8. The maximum absolute atomic E-state index is 10.8. The molecule has 0 radical (unpaired) electrons. The molecule has 0 bridgehead atoms. The molecule has 1 aromatic rings. The van der Waals surface area contributed by atoms with Crippen molar-refractivity contribution in [1.29, 1.82) is 0 Å². The fraction of sp³-hybridized carbons (Fsp3) is 0.222. The number of rotatable bonds is 3. The number of hydrogen-bond acceptors (Lipinski definition) is 3. The van der Waals surface area contributed by atoms with E-state index in [4.69, 9.17) is 11.5 Å². The lowest BCUT2D eigenvalue weighted by molar-refractivity contribution is -0.111. The number of thiol groups is 1. The minimum absolute atomic E-state index is 0.316. The van der Waals surface area contributed by atoms with Crippen molar-refractivity contribution in [2.45, 2.75) is 12.5 Å². The van der Waals surface area contributed by atoms with Crippen molar-refractivity contribution < 1.29 is 4.79 Å². The maximum Gasteiger partial charge on any atom is 0.202 e. The quantitative estimate of drug-likeness (QED) is 0.489. The van der Waals surface area contributed by atoms with Gasteiger partial charge < -0.3 is 11.5 Å². The summed E-state index contributed by atoms with van der Waals surface area (Å²) < 4.78 is 0. The molecule has 0 unspecified atom stereocenters. The third-order valence-electron chi connectivity index (χ3n) is 1.81. The molecule has 1 atom stereocenters. The van der Waals surface area contributed by atoms with Gasteiger partial charge in [-0.05, 0) is 18.1 Å². The SMILES string of the molecule is Nc1ccccc1C[C@H](N)C(=O)S. The number of carbonyl (C=O) groups is 1. The van der Waals surface area contributed by atoms with Gasteiger partial charge in [0.15, 0.2) is 0 Å². The Labute approximate surface area is 82.5 Å². The molecule has 0 saturated heterocycles. The highest BCUT2D eigenvalue weighted by Crippen LogP contribution is 2.12. The second kappa shape index (κ2) is 4.30. The van der Waals surface area contributed by atoms with Gasteiger partial charge >= 0.3 is 0 Å². The summed E-state index contributed by atoms with van der Waals surface area (Å²) in [6.07, 6.45) is 0.439. The zero-order chi connectivity index (χ0) is 9.84. The number of para-hydroxylation sites is 1. The lowest BCUT2D eigenvalue weighted by Gasteiger charge is -2.08. The molecule has 0 heterocycles. The molecule has 0 aliphatic rings. The van der Waals surface area contributed by atoms with E-state index in [0.29, 0.717) is 12.1 Å². The van der Waals surface area contributed by atoms with E-state index in [1.807, 2.05) is 18.2 Å². The third-order valence-corrected chi connectivity index (χ3v) is 2.14. The molecule has 0 amide bonds. The first-order chi connectivity index (χ1) is 6.11. The second-order valence-electron chi connectivity index (χ2n) is 2.85. The van der Waals surface area contributed by atoms with Crippen molar-refractivity contribution in [3.8, 4) is 0 Å². The van der Waals surface area contributed by atoms with Crippen molar-refractivity contribution in [1.82, 2.24) is 0 Å². The molecule has 3 nitrogen and oxygen atoms in total. The van der Waals surface area contributed by atoms with E-state index in [1.54, 1.807) is 6.07 Å². The highest BCUT2D eigenvalue weighted by molar-refractivity contribution is 7.96. The molecular weight excluding hydrogens is 184 g/mol. The summed E-state index contributed by atoms with van der Waals surface area (Å²) >= 11 is 3.65. The molecule has 1 aromatic carbocycles. The molecule has 0 aliphatic heterocycles. The van der Waals surface area contributed by atoms with Crippen LogP contribution in [0.2, 0.25) is 0 Å². The lowest BCUT2D eigenvalue weighted by Crippen LogP contribution is -2.29. The van der Waals surface area contributed by atoms with E-state index in [-0.39, 0.29) is 5.12 Å². The van der Waals surface area contributed by atoms with Crippen molar-refractivity contribution >= 4 is 23.4 Å². The van der Waals surface area contributed by atoms with Crippen LogP contribution in [0.15, 0.2) is 24.3 Å². The van der Waals surface area contributed by atoms with Crippen LogP contribution in [-0.4, -0.2) is 11.2 Å². The van der Waals surface area contributed by atoms with Crippen LogP contribution in [0.4, 0.5) is 5.69 Å². The summed E-state index contributed by atoms with van der Waals surface area (Å²) in [5, 5.41) is -0.316. The van der Waals surface area contributed by atoms with Gasteiger partial charge in [0.2, 0.25) is 5.12 Å². The first-order valence-electron chi connectivity index (χ1n) is 3.93. The summed E-state index contributed by atoms with van der Waals surface area (Å²) in [5.74, 6) is 0. The Kier molecular flexibility index (Phi) is 3.33. The summed E-state index contributed by atoms with van der Waals surface area (Å²) in [7, 11) is 0. The van der Waals surface area contributed by atoms with E-state index in [2.05, 4.69) is 12.6 Å². The van der Waals surface area contributed by atoms with Crippen LogP contribution in [0.3, 0.4) is 0 Å². The van der Waals surface area contributed by atoms with Crippen LogP contribution in [0.1, 0.15) is 5.56 Å². The molecule has 0 fully saturated rings. The molecule has 13 heavy (non-hydrogen) atoms. The van der Waals surface area contributed by atoms with Gasteiger partial charge in [0.25, 0.3) is 0 Å². The van der Waals surface area contributed by atoms with Crippen LogP contribution >= 0.6 is 12.6 Å². The van der Waals surface area contributed by atoms with Crippen molar-refractivity contribution in [2.24, 2.45) is 5.73 Å². The van der Waals surface area contributed by atoms with E-state index in [0.717, 1.165) is 5.56 Å². The monoisotopic (exact) mass is 196 g/mol. The molecule has 4 heteroatoms. The molecule has 1 rings (SSSR count). The molecule has 0 aromatic heterocycles. The lowest BCUT2D eigenvalue weighted by atomic mass is 10.1. The Morgan fingerprint density at radius 1 is 1.46 bits per heavy atom. The van der Waals surface area contributed by atoms with E-state index in [9.17, 15) is 4.79 Å². The fourth-order valence-corrected chi connectivity index (χ4v) is 1.14. The smallest absolute Gasteiger partial charge is 0.202 e. The van der Waals surface area contributed by atoms with Gasteiger partial charge in [0, 0.05) is 5.69 Å². The number of benzene rings is 1. The van der Waals surface area contributed by atoms with Gasteiger partial charge in [-0.15, -0.1) is 12.6 Å². The molecular formula is C9H12N2OS. The average Bonchev–Trinajstić information content (AvgIpc) is 2.08. The van der Waals surface area contributed by atoms with Crippen LogP contribution in [-0.2, 0) is 11.2 Å². The summed E-state index contributed by atoms with van der Waals surface area (Å²) in [5.41, 5.74) is 12.8. The Morgan fingerprint density at radius 2 is 2.08 bits per heavy atom. The number of carbonyl (C=O) groups excluding carboxylic acids is 1. The minimum atomic E-state index is -0.576. The summed E-state index contributed by atoms with van der Waals surface area (Å²) in [6.45, 7) is 0. The van der Waals surface area contributed by atoms with Gasteiger partial charge in [-0.2, -0.15) is 0 Å². The Morgan fingerprint density at radius 3 is 2.62 bits per heavy atom. The molecule has 0 spiro atoms. The number of nitrogen functional groups attached to an aromatic ring is 1. The van der Waals surface area contributed by atoms with Gasteiger partial charge in [0.05, 0.1) is 6.04 Å². The van der Waals surface area contributed by atoms with E-state index in [1.165, 1.54) is 0 Å². The Hall–Kier alpha value is -1.000. The summed E-state index contributed by atoms with van der Waals surface area (Å²) in [6, 6.07) is 6.76. The number of nitrogens with two attached hydrogens (primary N) is 2. The first kappa shape index (κ1) is 10.1. The molecule has 70 valence electrons. The zero-order valence-corrected chi connectivity index (χ0v) is 8.00. The van der Waals surface area contributed by atoms with Crippen molar-refractivity contribution in [2.75, 3.05) is 5.73 Å². The van der Waals surface area contributed by atoms with Gasteiger partial charge in [0.1, 0.15) is 0 Å². The third kappa shape index (κ3) is 2.75. The fourth-order valence-electron chi connectivity index (χ4n) is 1.04. The zero-order valence-electron chi connectivity index (χ0n) is 7.10. The van der Waals surface area contributed by atoms with Crippen LogP contribution in [0, 0.1) is 0 Å². The van der Waals surface area contributed by atoms with Gasteiger partial charge in [-0.25, -0.2) is 0 Å². The van der Waals surface area contributed by atoms with Gasteiger partial charge in [-0.3, -0.25) is 4.79 Å². The normalized spacial score (nSPS) is 12.5. The van der Waals surface area contributed by atoms with Gasteiger partial charge in [-0.1, -0.05) is 18.2 Å². The number of hydrogen-bond donors (Lipinski definition) is 3. The highest BCUT2D eigenvalue weighted by Gasteiger charge is 2.10. The molecule has 4 N–H and O–H groups in total. The van der Waals surface area contributed by atoms with Crippen LogP contribution < -0.4 is 11.5 Å². The predicted octanol–water partition coefficient (Wildman–Crippen LogP) is 0.595. The number of anilines is 1. The van der Waals surface area contributed by atoms with Crippen LogP contribution in [0.5, 0.6) is 0 Å². The first-order valence-corrected chi connectivity index (χ1v) is 4.37. The Bertz CT molecular complexity index is 314. The van der Waals surface area contributed by atoms with E-state index >= 15 is 0 Å². The molecule has 0 saturated carbocycles. The largest absolute Gasteiger partial charge is 0.399 e. The second-order valence-corrected chi connectivity index (χ2v) is 3.29. The molecule has 0 aliphatic carbocycles. The van der Waals surface area contributed by atoms with Crippen molar-refractivity contribution in [3.05, 3.63) is 29.8 Å². The average molecular weight is 196 g/mol.